The van der Waals surface area contributed by atoms with E-state index in [1.165, 1.54) is 5.56 Å². The van der Waals surface area contributed by atoms with E-state index in [0.717, 1.165) is 5.02 Å². The molecule has 0 atom stereocenters. The van der Waals surface area contributed by atoms with Crippen molar-refractivity contribution in [2.75, 3.05) is 0 Å². The van der Waals surface area contributed by atoms with Gasteiger partial charge in [0.1, 0.15) is 0 Å². The first-order valence-corrected chi connectivity index (χ1v) is 9.85. The van der Waals surface area contributed by atoms with E-state index in [4.69, 9.17) is 34.8 Å². The fourth-order valence-electron chi connectivity index (χ4n) is 1.77. The van der Waals surface area contributed by atoms with E-state index in [-0.39, 0.29) is 0 Å². The van der Waals surface area contributed by atoms with E-state index in [1.54, 1.807) is 12.1 Å². The minimum Gasteiger partial charge on any atom is -0.0843 e. The lowest BCUT2D eigenvalue weighted by Crippen LogP contribution is -1.62. The van der Waals surface area contributed by atoms with Gasteiger partial charge in [-0.2, -0.15) is 0 Å². The second-order valence-corrected chi connectivity index (χ2v) is 6.77. The summed E-state index contributed by atoms with van der Waals surface area (Å²) in [6, 6.07) is 38.9. The molecule has 0 heterocycles. The first-order valence-electron chi connectivity index (χ1n) is 8.72. The van der Waals surface area contributed by atoms with Crippen molar-refractivity contribution in [3.05, 3.63) is 142 Å². The molecular weight excluding hydrogens is 407 g/mol. The van der Waals surface area contributed by atoms with E-state index in [1.807, 2.05) is 97.1 Å². The lowest BCUT2D eigenvalue weighted by Gasteiger charge is -1.88. The molecule has 0 unspecified atom stereocenters. The summed E-state index contributed by atoms with van der Waals surface area (Å²) in [4.78, 5) is 0. The maximum absolute atomic E-state index is 5.58. The van der Waals surface area contributed by atoms with Crippen molar-refractivity contribution in [1.82, 2.24) is 0 Å². The summed E-state index contributed by atoms with van der Waals surface area (Å²) in [6.07, 6.45) is 0. The zero-order valence-corrected chi connectivity index (χ0v) is 17.9. The molecule has 0 N–H and O–H groups in total. The van der Waals surface area contributed by atoms with E-state index in [2.05, 4.69) is 19.1 Å². The minimum absolute atomic E-state index is 0.606. The first kappa shape index (κ1) is 23.8. The molecule has 0 saturated heterocycles. The maximum Gasteiger partial charge on any atom is 0.0592 e. The third-order valence-electron chi connectivity index (χ3n) is 3.16. The lowest BCUT2D eigenvalue weighted by atomic mass is 10.2. The molecule has 0 fully saturated rings. The van der Waals surface area contributed by atoms with Crippen molar-refractivity contribution in [3.63, 3.8) is 0 Å². The Kier molecular flexibility index (Phi) is 13.4. The number of rotatable bonds is 0. The normalized spacial score (nSPS) is 8.71. The van der Waals surface area contributed by atoms with Crippen molar-refractivity contribution in [1.29, 1.82) is 0 Å². The predicted molar refractivity (Wildman–Crippen MR) is 126 cm³/mol. The number of hydrogen-bond acceptors (Lipinski definition) is 0. The molecule has 4 aromatic carbocycles. The van der Waals surface area contributed by atoms with Crippen LogP contribution >= 0.6 is 34.8 Å². The zero-order valence-electron chi connectivity index (χ0n) is 15.7. The van der Waals surface area contributed by atoms with Gasteiger partial charge in [-0.3, -0.25) is 0 Å². The molecule has 0 nitrogen and oxygen atoms in total. The van der Waals surface area contributed by atoms with Gasteiger partial charge in [-0.25, -0.2) is 0 Å². The number of benzene rings is 4. The fraction of sp³-hybridized carbons (Fsp3) is 0.0400. The van der Waals surface area contributed by atoms with Crippen molar-refractivity contribution in [3.8, 4) is 0 Å². The van der Waals surface area contributed by atoms with Crippen LogP contribution < -0.4 is 0 Å². The fourth-order valence-corrected chi connectivity index (χ4v) is 2.19. The number of halogens is 3. The van der Waals surface area contributed by atoms with Gasteiger partial charge < -0.3 is 0 Å². The third kappa shape index (κ3) is 13.0. The first-order chi connectivity index (χ1) is 13.6. The van der Waals surface area contributed by atoms with Crippen LogP contribution in [0.3, 0.4) is 0 Å². The summed E-state index contributed by atoms with van der Waals surface area (Å²) < 4.78 is 0. The average Bonchev–Trinajstić information content (AvgIpc) is 2.74. The Morgan fingerprint density at radius 3 is 0.893 bits per heavy atom. The van der Waals surface area contributed by atoms with Gasteiger partial charge in [-0.1, -0.05) is 137 Å². The van der Waals surface area contributed by atoms with E-state index in [9.17, 15) is 0 Å². The molecule has 0 aliphatic rings. The molecule has 0 bridgehead atoms. The van der Waals surface area contributed by atoms with Crippen LogP contribution in [0.25, 0.3) is 0 Å². The van der Waals surface area contributed by atoms with Crippen LogP contribution in [0, 0.1) is 6.92 Å². The number of aryl methyl sites for hydroxylation is 1. The molecule has 0 saturated carbocycles. The van der Waals surface area contributed by atoms with Crippen molar-refractivity contribution in [2.45, 2.75) is 6.92 Å². The SMILES string of the molecule is Cc1ccccc1.Clc1ccccc1.Clc1ccccc1Cl.c1ccccc1. The molecule has 144 valence electrons. The van der Waals surface area contributed by atoms with Gasteiger partial charge in [0, 0.05) is 5.02 Å². The molecular formula is C25H23Cl3. The van der Waals surface area contributed by atoms with E-state index >= 15 is 0 Å². The quantitative estimate of drug-likeness (QED) is 0.261. The monoisotopic (exact) mass is 428 g/mol. The van der Waals surface area contributed by atoms with Crippen LogP contribution in [-0.4, -0.2) is 0 Å². The van der Waals surface area contributed by atoms with Gasteiger partial charge in [-0.05, 0) is 31.2 Å². The standard InChI is InChI=1S/C7H8.C6H4Cl2.C6H5Cl.C6H6/c1-7-5-3-2-4-6-7;7-5-3-1-2-4-6(5)8;7-6-4-2-1-3-5-6;1-2-4-6-5-3-1/h2-6H,1H3;1-4H;1-5H;1-6H. The molecule has 0 aliphatic heterocycles. The molecule has 0 radical (unpaired) electrons. The molecule has 3 heteroatoms. The smallest absolute Gasteiger partial charge is 0.0592 e. The Balaban J connectivity index is 0.000000188. The highest BCUT2D eigenvalue weighted by Gasteiger charge is 1.89. The average molecular weight is 430 g/mol. The van der Waals surface area contributed by atoms with Gasteiger partial charge in [-0.15, -0.1) is 0 Å². The van der Waals surface area contributed by atoms with Crippen LogP contribution in [0.15, 0.2) is 121 Å². The summed E-state index contributed by atoms with van der Waals surface area (Å²) >= 11 is 16.7. The van der Waals surface area contributed by atoms with E-state index < -0.39 is 0 Å². The topological polar surface area (TPSA) is 0 Å². The van der Waals surface area contributed by atoms with Gasteiger partial charge >= 0.3 is 0 Å². The van der Waals surface area contributed by atoms with Crippen molar-refractivity contribution >= 4 is 34.8 Å². The highest BCUT2D eigenvalue weighted by atomic mass is 35.5. The van der Waals surface area contributed by atoms with Crippen molar-refractivity contribution < 1.29 is 0 Å². The van der Waals surface area contributed by atoms with Gasteiger partial charge in [0.25, 0.3) is 0 Å². The molecule has 0 spiro atoms. The molecule has 28 heavy (non-hydrogen) atoms. The van der Waals surface area contributed by atoms with Crippen LogP contribution in [0.4, 0.5) is 0 Å². The second-order valence-electron chi connectivity index (χ2n) is 5.52. The zero-order chi connectivity index (χ0) is 20.5. The molecule has 4 rings (SSSR count). The van der Waals surface area contributed by atoms with Gasteiger partial charge in [0.15, 0.2) is 0 Å². The van der Waals surface area contributed by atoms with Gasteiger partial charge in [0.05, 0.1) is 10.0 Å². The predicted octanol–water partition coefficient (Wildman–Crippen LogP) is 9.02. The molecule has 0 aromatic heterocycles. The van der Waals surface area contributed by atoms with Crippen LogP contribution in [0.1, 0.15) is 5.56 Å². The summed E-state index contributed by atoms with van der Waals surface area (Å²) in [5, 5.41) is 2.01. The Hall–Kier alpha value is -2.25. The van der Waals surface area contributed by atoms with Crippen LogP contribution in [0.2, 0.25) is 15.1 Å². The summed E-state index contributed by atoms with van der Waals surface area (Å²) in [5.41, 5.74) is 1.32. The molecule has 4 aromatic rings. The largest absolute Gasteiger partial charge is 0.0843 e. The summed E-state index contributed by atoms with van der Waals surface area (Å²) in [7, 11) is 0. The third-order valence-corrected chi connectivity index (χ3v) is 4.17. The minimum atomic E-state index is 0.606. The highest BCUT2D eigenvalue weighted by molar-refractivity contribution is 6.41. The Morgan fingerprint density at radius 1 is 0.393 bits per heavy atom. The highest BCUT2D eigenvalue weighted by Crippen LogP contribution is 2.19. The number of hydrogen-bond donors (Lipinski definition) is 0. The second kappa shape index (κ2) is 15.8. The van der Waals surface area contributed by atoms with Gasteiger partial charge in [0.2, 0.25) is 0 Å². The summed E-state index contributed by atoms with van der Waals surface area (Å²) in [5.74, 6) is 0. The molecule has 0 amide bonds. The van der Waals surface area contributed by atoms with Crippen molar-refractivity contribution in [2.24, 2.45) is 0 Å². The molecule has 0 aliphatic carbocycles. The van der Waals surface area contributed by atoms with Crippen LogP contribution in [0.5, 0.6) is 0 Å². The van der Waals surface area contributed by atoms with E-state index in [0.29, 0.717) is 10.0 Å². The Morgan fingerprint density at radius 2 is 0.679 bits per heavy atom. The Bertz CT molecular complexity index is 763. The maximum atomic E-state index is 5.58. The lowest BCUT2D eigenvalue weighted by molar-refractivity contribution is 1.48. The van der Waals surface area contributed by atoms with Crippen LogP contribution in [-0.2, 0) is 0 Å². The Labute approximate surface area is 183 Å². The summed E-state index contributed by atoms with van der Waals surface area (Å²) in [6.45, 7) is 2.08.